The molecular formula is C16H23N3. The van der Waals surface area contributed by atoms with Gasteiger partial charge in [0.25, 0.3) is 0 Å². The highest BCUT2D eigenvalue weighted by atomic mass is 15.1. The molecule has 2 unspecified atom stereocenters. The van der Waals surface area contributed by atoms with Crippen molar-refractivity contribution in [1.29, 1.82) is 0 Å². The molecule has 0 bridgehead atoms. The Morgan fingerprint density at radius 1 is 1.32 bits per heavy atom. The SMILES string of the molecule is CCn1c(CC2CCC(NC)C2)nc2ccccc21. The molecule has 1 aromatic carbocycles. The number of hydrogen-bond donors (Lipinski definition) is 1. The van der Waals surface area contributed by atoms with Crippen molar-refractivity contribution in [2.24, 2.45) is 5.92 Å². The van der Waals surface area contributed by atoms with Crippen molar-refractivity contribution < 1.29 is 0 Å². The zero-order chi connectivity index (χ0) is 13.2. The molecule has 1 heterocycles. The minimum absolute atomic E-state index is 0.712. The number of fused-ring (bicyclic) bond motifs is 1. The Kier molecular flexibility index (Phi) is 3.56. The summed E-state index contributed by atoms with van der Waals surface area (Å²) >= 11 is 0. The predicted molar refractivity (Wildman–Crippen MR) is 79.3 cm³/mol. The van der Waals surface area contributed by atoms with E-state index in [1.807, 2.05) is 0 Å². The van der Waals surface area contributed by atoms with E-state index in [-0.39, 0.29) is 0 Å². The number of aryl methyl sites for hydroxylation is 1. The van der Waals surface area contributed by atoms with Crippen LogP contribution in [0.15, 0.2) is 24.3 Å². The maximum absolute atomic E-state index is 4.84. The zero-order valence-corrected chi connectivity index (χ0v) is 11.9. The molecule has 102 valence electrons. The monoisotopic (exact) mass is 257 g/mol. The van der Waals surface area contributed by atoms with E-state index < -0.39 is 0 Å². The molecule has 1 N–H and O–H groups in total. The third kappa shape index (κ3) is 2.39. The number of benzene rings is 1. The molecule has 0 spiro atoms. The summed E-state index contributed by atoms with van der Waals surface area (Å²) in [6.45, 7) is 3.22. The summed E-state index contributed by atoms with van der Waals surface area (Å²) in [6, 6.07) is 9.19. The molecule has 3 heteroatoms. The fraction of sp³-hybridized carbons (Fsp3) is 0.562. The van der Waals surface area contributed by atoms with E-state index in [2.05, 4.69) is 48.1 Å². The van der Waals surface area contributed by atoms with E-state index in [0.717, 1.165) is 24.4 Å². The molecule has 2 aromatic rings. The topological polar surface area (TPSA) is 29.9 Å². The van der Waals surface area contributed by atoms with Crippen LogP contribution in [0.3, 0.4) is 0 Å². The van der Waals surface area contributed by atoms with Crippen LogP contribution in [-0.2, 0) is 13.0 Å². The van der Waals surface area contributed by atoms with E-state index in [4.69, 9.17) is 4.98 Å². The molecule has 1 fully saturated rings. The molecule has 1 aromatic heterocycles. The smallest absolute Gasteiger partial charge is 0.110 e. The van der Waals surface area contributed by atoms with E-state index in [9.17, 15) is 0 Å². The van der Waals surface area contributed by atoms with Crippen LogP contribution in [0.5, 0.6) is 0 Å². The molecule has 19 heavy (non-hydrogen) atoms. The Bertz CT molecular complexity index is 558. The summed E-state index contributed by atoms with van der Waals surface area (Å²) in [5.41, 5.74) is 2.42. The summed E-state index contributed by atoms with van der Waals surface area (Å²) in [5.74, 6) is 2.06. The van der Waals surface area contributed by atoms with E-state index in [1.165, 1.54) is 30.6 Å². The molecule has 3 rings (SSSR count). The Morgan fingerprint density at radius 3 is 2.89 bits per heavy atom. The second-order valence-electron chi connectivity index (χ2n) is 5.63. The fourth-order valence-electron chi connectivity index (χ4n) is 3.41. The van der Waals surface area contributed by atoms with Gasteiger partial charge in [-0.25, -0.2) is 4.98 Å². The van der Waals surface area contributed by atoms with Crippen molar-refractivity contribution in [2.75, 3.05) is 7.05 Å². The lowest BCUT2D eigenvalue weighted by Gasteiger charge is -2.12. The Hall–Kier alpha value is -1.35. The quantitative estimate of drug-likeness (QED) is 0.912. The fourth-order valence-corrected chi connectivity index (χ4v) is 3.41. The van der Waals surface area contributed by atoms with Gasteiger partial charge in [-0.1, -0.05) is 12.1 Å². The molecule has 1 aliphatic rings. The van der Waals surface area contributed by atoms with Crippen LogP contribution in [0.25, 0.3) is 11.0 Å². The van der Waals surface area contributed by atoms with Gasteiger partial charge in [0.15, 0.2) is 0 Å². The lowest BCUT2D eigenvalue weighted by Crippen LogP contribution is -2.21. The number of aromatic nitrogens is 2. The highest BCUT2D eigenvalue weighted by Crippen LogP contribution is 2.29. The van der Waals surface area contributed by atoms with Crippen molar-refractivity contribution >= 4 is 11.0 Å². The lowest BCUT2D eigenvalue weighted by atomic mass is 10.0. The average Bonchev–Trinajstić information content (AvgIpc) is 3.02. The minimum Gasteiger partial charge on any atom is -0.328 e. The Morgan fingerprint density at radius 2 is 2.16 bits per heavy atom. The summed E-state index contributed by atoms with van der Waals surface area (Å²) in [5, 5.41) is 3.41. The number of nitrogens with one attached hydrogen (secondary N) is 1. The van der Waals surface area contributed by atoms with Crippen LogP contribution in [0, 0.1) is 5.92 Å². The predicted octanol–water partition coefficient (Wildman–Crippen LogP) is 2.99. The second kappa shape index (κ2) is 5.33. The minimum atomic E-state index is 0.712. The highest BCUT2D eigenvalue weighted by Gasteiger charge is 2.25. The van der Waals surface area contributed by atoms with Gasteiger partial charge in [-0.05, 0) is 51.3 Å². The van der Waals surface area contributed by atoms with Gasteiger partial charge < -0.3 is 9.88 Å². The van der Waals surface area contributed by atoms with Gasteiger partial charge in [0.2, 0.25) is 0 Å². The van der Waals surface area contributed by atoms with Gasteiger partial charge in [0.05, 0.1) is 11.0 Å². The molecule has 0 saturated heterocycles. The van der Waals surface area contributed by atoms with Gasteiger partial charge >= 0.3 is 0 Å². The molecule has 1 saturated carbocycles. The molecule has 0 amide bonds. The average molecular weight is 257 g/mol. The molecule has 0 radical (unpaired) electrons. The normalized spacial score (nSPS) is 23.3. The van der Waals surface area contributed by atoms with Crippen molar-refractivity contribution in [1.82, 2.24) is 14.9 Å². The lowest BCUT2D eigenvalue weighted by molar-refractivity contribution is 0.490. The zero-order valence-electron chi connectivity index (χ0n) is 11.9. The third-order valence-corrected chi connectivity index (χ3v) is 4.47. The van der Waals surface area contributed by atoms with Crippen LogP contribution < -0.4 is 5.32 Å². The largest absolute Gasteiger partial charge is 0.328 e. The Labute approximate surface area is 115 Å². The van der Waals surface area contributed by atoms with Crippen molar-refractivity contribution in [3.05, 3.63) is 30.1 Å². The van der Waals surface area contributed by atoms with Crippen LogP contribution >= 0.6 is 0 Å². The highest BCUT2D eigenvalue weighted by molar-refractivity contribution is 5.75. The van der Waals surface area contributed by atoms with Gasteiger partial charge in [-0.2, -0.15) is 0 Å². The van der Waals surface area contributed by atoms with E-state index >= 15 is 0 Å². The van der Waals surface area contributed by atoms with Crippen LogP contribution in [0.2, 0.25) is 0 Å². The van der Waals surface area contributed by atoms with Crippen molar-refractivity contribution in [2.45, 2.75) is 45.2 Å². The number of rotatable bonds is 4. The first kappa shape index (κ1) is 12.7. The first-order valence-corrected chi connectivity index (χ1v) is 7.43. The standard InChI is InChI=1S/C16H23N3/c1-3-19-15-7-5-4-6-14(15)18-16(19)11-12-8-9-13(10-12)17-2/h4-7,12-13,17H,3,8-11H2,1-2H3. The number of para-hydroxylation sites is 2. The number of hydrogen-bond acceptors (Lipinski definition) is 2. The molecule has 3 nitrogen and oxygen atoms in total. The first-order chi connectivity index (χ1) is 9.31. The summed E-state index contributed by atoms with van der Waals surface area (Å²) in [4.78, 5) is 4.84. The van der Waals surface area contributed by atoms with Crippen LogP contribution in [0.4, 0.5) is 0 Å². The maximum Gasteiger partial charge on any atom is 0.110 e. The van der Waals surface area contributed by atoms with Crippen molar-refractivity contribution in [3.8, 4) is 0 Å². The Balaban J connectivity index is 1.84. The van der Waals surface area contributed by atoms with Gasteiger partial charge in [0.1, 0.15) is 5.82 Å². The first-order valence-electron chi connectivity index (χ1n) is 7.43. The summed E-state index contributed by atoms with van der Waals surface area (Å²) in [6.07, 6.45) is 5.07. The summed E-state index contributed by atoms with van der Waals surface area (Å²) < 4.78 is 2.38. The molecule has 0 aliphatic heterocycles. The van der Waals surface area contributed by atoms with Gasteiger partial charge in [0, 0.05) is 19.0 Å². The van der Waals surface area contributed by atoms with Crippen LogP contribution in [-0.4, -0.2) is 22.6 Å². The second-order valence-corrected chi connectivity index (χ2v) is 5.63. The maximum atomic E-state index is 4.84. The van der Waals surface area contributed by atoms with Crippen molar-refractivity contribution in [3.63, 3.8) is 0 Å². The van der Waals surface area contributed by atoms with Gasteiger partial charge in [-0.15, -0.1) is 0 Å². The number of nitrogens with zero attached hydrogens (tertiary/aromatic N) is 2. The van der Waals surface area contributed by atoms with E-state index in [1.54, 1.807) is 0 Å². The summed E-state index contributed by atoms with van der Waals surface area (Å²) in [7, 11) is 2.08. The number of imidazole rings is 1. The van der Waals surface area contributed by atoms with E-state index in [0.29, 0.717) is 6.04 Å². The van der Waals surface area contributed by atoms with Gasteiger partial charge in [-0.3, -0.25) is 0 Å². The molecule has 2 atom stereocenters. The van der Waals surface area contributed by atoms with Crippen LogP contribution in [0.1, 0.15) is 32.0 Å². The third-order valence-electron chi connectivity index (χ3n) is 4.47. The molecular weight excluding hydrogens is 234 g/mol. The molecule has 1 aliphatic carbocycles.